The number of carbonyl (C=O) groups excluding carboxylic acids is 1. The fourth-order valence-corrected chi connectivity index (χ4v) is 3.51. The summed E-state index contributed by atoms with van der Waals surface area (Å²) in [5, 5.41) is 7.62. The number of nitrogens with two attached hydrogens (primary N) is 2. The molecule has 0 bridgehead atoms. The molecule has 3 aromatic rings. The smallest absolute Gasteiger partial charge is 0.244 e. The van der Waals surface area contributed by atoms with Crippen molar-refractivity contribution in [3.63, 3.8) is 0 Å². The minimum absolute atomic E-state index is 0.00612. The number of amidine groups is 1. The number of rotatable bonds is 8. The van der Waals surface area contributed by atoms with E-state index in [2.05, 4.69) is 0 Å². The number of aryl methyl sites for hydroxylation is 1. The fraction of sp³-hybridized carbons (Fsp3) is 0.167. The third kappa shape index (κ3) is 4.60. The van der Waals surface area contributed by atoms with Gasteiger partial charge in [0.15, 0.2) is 0 Å². The number of amides is 1. The minimum atomic E-state index is -0.682. The molecule has 0 aliphatic carbocycles. The van der Waals surface area contributed by atoms with Crippen LogP contribution in [0.3, 0.4) is 0 Å². The fourth-order valence-electron chi connectivity index (χ4n) is 3.51. The van der Waals surface area contributed by atoms with E-state index in [1.165, 1.54) is 0 Å². The average Bonchev–Trinajstić information content (AvgIpc) is 2.74. The Morgan fingerprint density at radius 2 is 1.70 bits per heavy atom. The summed E-state index contributed by atoms with van der Waals surface area (Å²) < 4.78 is 5.35. The van der Waals surface area contributed by atoms with Crippen LogP contribution in [0.1, 0.15) is 28.3 Å². The SMILES string of the molecule is COc1ccc(C(C(N)=O)N(Cc2ccccc2)c2ccc(C(=N)N)cc2)cc1C. The van der Waals surface area contributed by atoms with E-state index >= 15 is 0 Å². The Balaban J connectivity index is 2.08. The maximum atomic E-state index is 12.6. The van der Waals surface area contributed by atoms with E-state index in [0.717, 1.165) is 28.1 Å². The first-order chi connectivity index (χ1) is 14.4. The molecule has 154 valence electrons. The second-order valence-corrected chi connectivity index (χ2v) is 7.11. The molecule has 1 amide bonds. The van der Waals surface area contributed by atoms with Crippen LogP contribution < -0.4 is 21.1 Å². The van der Waals surface area contributed by atoms with Crippen molar-refractivity contribution in [3.8, 4) is 5.75 Å². The van der Waals surface area contributed by atoms with Gasteiger partial charge in [-0.2, -0.15) is 0 Å². The Bertz CT molecular complexity index is 1030. The summed E-state index contributed by atoms with van der Waals surface area (Å²) >= 11 is 0. The van der Waals surface area contributed by atoms with Crippen LogP contribution in [0.2, 0.25) is 0 Å². The molecule has 0 heterocycles. The number of methoxy groups -OCH3 is 1. The maximum Gasteiger partial charge on any atom is 0.244 e. The summed E-state index contributed by atoms with van der Waals surface area (Å²) in [7, 11) is 1.62. The van der Waals surface area contributed by atoms with Crippen LogP contribution in [-0.2, 0) is 11.3 Å². The van der Waals surface area contributed by atoms with E-state index in [1.807, 2.05) is 72.5 Å². The van der Waals surface area contributed by atoms with Gasteiger partial charge in [-0.25, -0.2) is 0 Å². The molecule has 1 atom stereocenters. The number of hydrogen-bond donors (Lipinski definition) is 3. The molecule has 0 saturated heterocycles. The highest BCUT2D eigenvalue weighted by Crippen LogP contribution is 2.31. The van der Waals surface area contributed by atoms with Crippen molar-refractivity contribution >= 4 is 17.4 Å². The van der Waals surface area contributed by atoms with Gasteiger partial charge in [0.2, 0.25) is 5.91 Å². The van der Waals surface area contributed by atoms with Gasteiger partial charge in [0.25, 0.3) is 0 Å². The summed E-state index contributed by atoms with van der Waals surface area (Å²) in [4.78, 5) is 14.6. The van der Waals surface area contributed by atoms with Gasteiger partial charge >= 0.3 is 0 Å². The van der Waals surface area contributed by atoms with Crippen molar-refractivity contribution in [1.82, 2.24) is 0 Å². The van der Waals surface area contributed by atoms with Gasteiger partial charge in [-0.3, -0.25) is 10.2 Å². The van der Waals surface area contributed by atoms with Crippen LogP contribution in [0.5, 0.6) is 5.75 Å². The highest BCUT2D eigenvalue weighted by molar-refractivity contribution is 5.95. The molecule has 6 heteroatoms. The number of anilines is 1. The molecule has 0 spiro atoms. The van der Waals surface area contributed by atoms with Gasteiger partial charge in [0.1, 0.15) is 17.6 Å². The predicted molar refractivity (Wildman–Crippen MR) is 120 cm³/mol. The molecule has 3 aromatic carbocycles. The third-order valence-electron chi connectivity index (χ3n) is 5.02. The van der Waals surface area contributed by atoms with Gasteiger partial charge in [-0.15, -0.1) is 0 Å². The van der Waals surface area contributed by atoms with E-state index in [1.54, 1.807) is 19.2 Å². The zero-order valence-electron chi connectivity index (χ0n) is 17.1. The van der Waals surface area contributed by atoms with E-state index < -0.39 is 11.9 Å². The topological polar surface area (TPSA) is 105 Å². The van der Waals surface area contributed by atoms with Crippen LogP contribution in [0.15, 0.2) is 72.8 Å². The Hall–Kier alpha value is -3.80. The van der Waals surface area contributed by atoms with Gasteiger partial charge in [-0.05, 0) is 60.0 Å². The second-order valence-electron chi connectivity index (χ2n) is 7.11. The van der Waals surface area contributed by atoms with E-state index in [4.69, 9.17) is 21.6 Å². The normalized spacial score (nSPS) is 11.5. The lowest BCUT2D eigenvalue weighted by molar-refractivity contribution is -0.119. The summed E-state index contributed by atoms with van der Waals surface area (Å²) in [5.74, 6) is 0.293. The highest BCUT2D eigenvalue weighted by atomic mass is 16.5. The van der Waals surface area contributed by atoms with Crippen molar-refractivity contribution in [2.24, 2.45) is 11.5 Å². The summed E-state index contributed by atoms with van der Waals surface area (Å²) in [6, 6.07) is 22.1. The Morgan fingerprint density at radius 3 is 2.23 bits per heavy atom. The minimum Gasteiger partial charge on any atom is -0.496 e. The molecule has 0 radical (unpaired) electrons. The van der Waals surface area contributed by atoms with Crippen LogP contribution in [0.4, 0.5) is 5.69 Å². The van der Waals surface area contributed by atoms with E-state index in [0.29, 0.717) is 12.1 Å². The molecule has 0 saturated carbocycles. The number of primary amides is 1. The summed E-state index contributed by atoms with van der Waals surface area (Å²) in [6.45, 7) is 2.42. The number of hydrogen-bond acceptors (Lipinski definition) is 4. The third-order valence-corrected chi connectivity index (χ3v) is 5.02. The van der Waals surface area contributed by atoms with Crippen molar-refractivity contribution in [2.75, 3.05) is 12.0 Å². The molecule has 6 nitrogen and oxygen atoms in total. The van der Waals surface area contributed by atoms with Crippen LogP contribution in [0, 0.1) is 12.3 Å². The number of nitrogen functional groups attached to an aromatic ring is 1. The first kappa shape index (κ1) is 20.9. The number of nitrogens with zero attached hydrogens (tertiary/aromatic N) is 1. The zero-order chi connectivity index (χ0) is 21.7. The molecule has 1 unspecified atom stereocenters. The number of nitrogens with one attached hydrogen (secondary N) is 1. The Morgan fingerprint density at radius 1 is 1.03 bits per heavy atom. The molecule has 0 aliphatic rings. The standard InChI is InChI=1S/C24H26N4O2/c1-16-14-19(10-13-21(16)30-2)22(24(27)29)28(15-17-6-4-3-5-7-17)20-11-8-18(9-12-20)23(25)26/h3-14,22H,15H2,1-2H3,(H3,25,26)(H2,27,29). The second kappa shape index (κ2) is 9.13. The first-order valence-corrected chi connectivity index (χ1v) is 9.59. The molecule has 0 aliphatic heterocycles. The van der Waals surface area contributed by atoms with Gasteiger partial charge in [0.05, 0.1) is 7.11 Å². The predicted octanol–water partition coefficient (Wildman–Crippen LogP) is 3.52. The van der Waals surface area contributed by atoms with Crippen LogP contribution in [0.25, 0.3) is 0 Å². The molecule has 5 N–H and O–H groups in total. The summed E-state index contributed by atoms with van der Waals surface area (Å²) in [5.41, 5.74) is 15.7. The number of benzene rings is 3. The van der Waals surface area contributed by atoms with Crippen molar-refractivity contribution in [3.05, 3.63) is 95.1 Å². The average molecular weight is 402 g/mol. The zero-order valence-corrected chi connectivity index (χ0v) is 17.1. The molecule has 30 heavy (non-hydrogen) atoms. The molecular weight excluding hydrogens is 376 g/mol. The quantitative estimate of drug-likeness (QED) is 0.396. The monoisotopic (exact) mass is 402 g/mol. The number of carbonyl (C=O) groups is 1. The van der Waals surface area contributed by atoms with Crippen molar-refractivity contribution in [1.29, 1.82) is 5.41 Å². The Kier molecular flexibility index (Phi) is 6.37. The molecule has 0 fully saturated rings. The lowest BCUT2D eigenvalue weighted by Gasteiger charge is -2.32. The lowest BCUT2D eigenvalue weighted by Crippen LogP contribution is -2.37. The first-order valence-electron chi connectivity index (χ1n) is 9.59. The largest absolute Gasteiger partial charge is 0.496 e. The van der Waals surface area contributed by atoms with Crippen molar-refractivity contribution in [2.45, 2.75) is 19.5 Å². The highest BCUT2D eigenvalue weighted by Gasteiger charge is 2.27. The van der Waals surface area contributed by atoms with Crippen molar-refractivity contribution < 1.29 is 9.53 Å². The lowest BCUT2D eigenvalue weighted by atomic mass is 9.99. The maximum absolute atomic E-state index is 12.6. The number of ether oxygens (including phenoxy) is 1. The molecular formula is C24H26N4O2. The molecule has 3 rings (SSSR count). The van der Waals surface area contributed by atoms with Crippen LogP contribution in [-0.4, -0.2) is 18.9 Å². The van der Waals surface area contributed by atoms with E-state index in [-0.39, 0.29) is 5.84 Å². The summed E-state index contributed by atoms with van der Waals surface area (Å²) in [6.07, 6.45) is 0. The van der Waals surface area contributed by atoms with Crippen LogP contribution >= 0.6 is 0 Å². The van der Waals surface area contributed by atoms with Gasteiger partial charge < -0.3 is 21.1 Å². The van der Waals surface area contributed by atoms with Gasteiger partial charge in [-0.1, -0.05) is 36.4 Å². The van der Waals surface area contributed by atoms with E-state index in [9.17, 15) is 4.79 Å². The molecule has 0 aromatic heterocycles. The van der Waals surface area contributed by atoms with Gasteiger partial charge in [0, 0.05) is 17.8 Å². The Labute approximate surface area is 176 Å².